The van der Waals surface area contributed by atoms with Gasteiger partial charge in [0.15, 0.2) is 22.9 Å². The van der Waals surface area contributed by atoms with Crippen LogP contribution >= 0.6 is 0 Å². The Morgan fingerprint density at radius 2 is 1.89 bits per heavy atom. The third kappa shape index (κ3) is 3.88. The number of nitrogens with zero attached hydrogens (tertiary/aromatic N) is 3. The summed E-state index contributed by atoms with van der Waals surface area (Å²) in [5.74, 6) is 0.178. The van der Waals surface area contributed by atoms with Gasteiger partial charge in [-0.25, -0.2) is 8.78 Å². The molecule has 1 aromatic heterocycles. The molecule has 6 rings (SSSR count). The maximum absolute atomic E-state index is 14.1. The van der Waals surface area contributed by atoms with Gasteiger partial charge in [0, 0.05) is 13.0 Å². The molecule has 4 saturated carbocycles. The number of Topliss-reactive ketones (excluding diaryl/α,β-unsaturated/α-hetero) is 1. The number of carbonyl (C=O) groups excluding carboxylic acids is 1. The molecule has 37 heavy (non-hydrogen) atoms. The van der Waals surface area contributed by atoms with E-state index >= 15 is 0 Å². The average molecular weight is 516 g/mol. The second-order valence-corrected chi connectivity index (χ2v) is 13.1. The van der Waals surface area contributed by atoms with Crippen LogP contribution in [0, 0.1) is 52.1 Å². The van der Waals surface area contributed by atoms with Crippen molar-refractivity contribution in [3.05, 3.63) is 23.8 Å². The molecule has 0 radical (unpaired) electrons. The van der Waals surface area contributed by atoms with Gasteiger partial charge in [0.2, 0.25) is 0 Å². The summed E-state index contributed by atoms with van der Waals surface area (Å²) in [6.07, 6.45) is 9.01. The molecular weight excluding hydrogens is 476 g/mol. The summed E-state index contributed by atoms with van der Waals surface area (Å²) >= 11 is 0. The first-order valence-electron chi connectivity index (χ1n) is 14.0. The zero-order valence-electron chi connectivity index (χ0n) is 22.2. The largest absolute Gasteiger partial charge is 0.390 e. The summed E-state index contributed by atoms with van der Waals surface area (Å²) in [7, 11) is 1.81. The van der Waals surface area contributed by atoms with Gasteiger partial charge in [-0.2, -0.15) is 9.90 Å². The number of ether oxygens (including phenoxy) is 1. The lowest BCUT2D eigenvalue weighted by Crippen LogP contribution is -2.58. The van der Waals surface area contributed by atoms with E-state index in [1.165, 1.54) is 10.9 Å². The first kappa shape index (κ1) is 25.4. The number of ketones is 1. The maximum atomic E-state index is 14.1. The normalized spacial score (nSPS) is 41.3. The van der Waals surface area contributed by atoms with Gasteiger partial charge in [0.25, 0.3) is 0 Å². The Hall–Kier alpha value is -1.93. The number of hydrogen-bond acceptors (Lipinski definition) is 5. The monoisotopic (exact) mass is 515 g/mol. The van der Waals surface area contributed by atoms with E-state index in [0.29, 0.717) is 23.7 Å². The molecule has 1 N–H and O–H groups in total. The van der Waals surface area contributed by atoms with Gasteiger partial charge in [0.1, 0.15) is 12.1 Å². The summed E-state index contributed by atoms with van der Waals surface area (Å²) in [5, 5.41) is 19.2. The van der Waals surface area contributed by atoms with Gasteiger partial charge < -0.3 is 9.84 Å². The van der Waals surface area contributed by atoms with Crippen LogP contribution in [0.4, 0.5) is 8.78 Å². The lowest BCUT2D eigenvalue weighted by atomic mass is 9.43. The van der Waals surface area contributed by atoms with Crippen molar-refractivity contribution in [2.24, 2.45) is 40.4 Å². The second kappa shape index (κ2) is 8.80. The fourth-order valence-electron chi connectivity index (χ4n) is 9.60. The first-order valence-corrected chi connectivity index (χ1v) is 14.0. The zero-order valence-corrected chi connectivity index (χ0v) is 22.2. The van der Waals surface area contributed by atoms with E-state index in [4.69, 9.17) is 4.74 Å². The minimum atomic E-state index is -1.02. The van der Waals surface area contributed by atoms with Gasteiger partial charge in [-0.3, -0.25) is 4.79 Å². The second-order valence-electron chi connectivity index (χ2n) is 13.1. The Morgan fingerprint density at radius 1 is 1.08 bits per heavy atom. The smallest absolute Gasteiger partial charge is 0.188 e. The molecule has 1 unspecified atom stereocenters. The fraction of sp³-hybridized carbons (Fsp3) is 0.759. The Balaban J connectivity index is 1.22. The van der Waals surface area contributed by atoms with Crippen molar-refractivity contribution in [3.63, 3.8) is 0 Å². The lowest BCUT2D eigenvalue weighted by Gasteiger charge is -2.62. The zero-order chi connectivity index (χ0) is 26.2. The molecule has 0 spiro atoms. The van der Waals surface area contributed by atoms with Crippen molar-refractivity contribution in [2.45, 2.75) is 83.8 Å². The highest BCUT2D eigenvalue weighted by Gasteiger charge is 2.63. The molecule has 0 saturated heterocycles. The predicted octanol–water partition coefficient (Wildman–Crippen LogP) is 5.32. The van der Waals surface area contributed by atoms with Gasteiger partial charge in [-0.1, -0.05) is 6.92 Å². The van der Waals surface area contributed by atoms with E-state index in [0.717, 1.165) is 70.5 Å². The van der Waals surface area contributed by atoms with Crippen molar-refractivity contribution in [3.8, 4) is 0 Å². The quantitative estimate of drug-likeness (QED) is 0.584. The number of benzene rings is 1. The highest BCUT2D eigenvalue weighted by atomic mass is 19.2. The standard InChI is InChI=1S/C29H39F2N3O3/c1-27(36)12-13-29(16-37-3)17(14-27)4-5-18-19-6-7-21(28(19,2)11-10-20(18)29)24(35)15-34-32-23-9-8-22(30)25(31)26(23)33-34/h8-9,17-21,36H,4-7,10-16H2,1-3H3/t17-,18+,19+,20+,21?,27-,28+,29-/m1/s1. The molecule has 4 aliphatic rings. The Labute approximate surface area is 217 Å². The molecule has 6 nitrogen and oxygen atoms in total. The maximum Gasteiger partial charge on any atom is 0.188 e. The molecular formula is C29H39F2N3O3. The van der Waals surface area contributed by atoms with E-state index in [1.54, 1.807) is 0 Å². The van der Waals surface area contributed by atoms with Crippen LogP contribution in [0.1, 0.15) is 71.6 Å². The van der Waals surface area contributed by atoms with E-state index in [9.17, 15) is 18.7 Å². The van der Waals surface area contributed by atoms with Crippen LogP contribution in [-0.4, -0.2) is 45.2 Å². The van der Waals surface area contributed by atoms with Crippen molar-refractivity contribution in [1.82, 2.24) is 15.0 Å². The average Bonchev–Trinajstić information content (AvgIpc) is 3.42. The lowest BCUT2D eigenvalue weighted by molar-refractivity contribution is -0.175. The predicted molar refractivity (Wildman–Crippen MR) is 134 cm³/mol. The number of methoxy groups -OCH3 is 1. The number of fused-ring (bicyclic) bond motifs is 6. The van der Waals surface area contributed by atoms with Gasteiger partial charge >= 0.3 is 0 Å². The van der Waals surface area contributed by atoms with Gasteiger partial charge in [-0.05, 0) is 111 Å². The van der Waals surface area contributed by atoms with Gasteiger partial charge in [0.05, 0.1) is 12.2 Å². The van der Waals surface area contributed by atoms with Crippen LogP contribution in [0.5, 0.6) is 0 Å². The summed E-state index contributed by atoms with van der Waals surface area (Å²) in [6, 6.07) is 2.44. The fourth-order valence-corrected chi connectivity index (χ4v) is 9.60. The molecule has 0 bridgehead atoms. The van der Waals surface area contributed by atoms with Crippen LogP contribution in [0.15, 0.2) is 12.1 Å². The van der Waals surface area contributed by atoms with Crippen LogP contribution in [0.25, 0.3) is 11.0 Å². The Kier molecular flexibility index (Phi) is 6.03. The van der Waals surface area contributed by atoms with Crippen molar-refractivity contribution < 1.29 is 23.4 Å². The number of hydrogen-bond donors (Lipinski definition) is 1. The Bertz CT molecular complexity index is 1210. The number of carbonyl (C=O) groups is 1. The molecule has 2 aromatic rings. The van der Waals surface area contributed by atoms with E-state index < -0.39 is 17.2 Å². The van der Waals surface area contributed by atoms with E-state index in [2.05, 4.69) is 17.1 Å². The molecule has 0 amide bonds. The SMILES string of the molecule is COC[C@]12CC[C@@](C)(O)C[C@H]1CC[C@@H]1[C@@H]2CC[C@]2(C)C(C(=O)Cn3nc4ccc(F)c(F)c4n3)CC[C@@H]12. The van der Waals surface area contributed by atoms with Crippen molar-refractivity contribution in [1.29, 1.82) is 0 Å². The molecule has 4 aliphatic carbocycles. The summed E-state index contributed by atoms with van der Waals surface area (Å²) in [5.41, 5.74) is -0.390. The molecule has 8 atom stereocenters. The minimum Gasteiger partial charge on any atom is -0.390 e. The van der Waals surface area contributed by atoms with Crippen molar-refractivity contribution in [2.75, 3.05) is 13.7 Å². The topological polar surface area (TPSA) is 77.2 Å². The van der Waals surface area contributed by atoms with E-state index in [-0.39, 0.29) is 40.1 Å². The summed E-state index contributed by atoms with van der Waals surface area (Å²) < 4.78 is 33.6. The van der Waals surface area contributed by atoms with Crippen molar-refractivity contribution >= 4 is 16.8 Å². The highest BCUT2D eigenvalue weighted by Crippen LogP contribution is 2.68. The van der Waals surface area contributed by atoms with Crippen LogP contribution in [0.3, 0.4) is 0 Å². The summed E-state index contributed by atoms with van der Waals surface area (Å²) in [6.45, 7) is 5.05. The van der Waals surface area contributed by atoms with Gasteiger partial charge in [-0.15, -0.1) is 5.10 Å². The molecule has 1 heterocycles. The van der Waals surface area contributed by atoms with Crippen LogP contribution < -0.4 is 0 Å². The highest BCUT2D eigenvalue weighted by molar-refractivity contribution is 5.82. The van der Waals surface area contributed by atoms with Crippen LogP contribution in [-0.2, 0) is 16.1 Å². The molecule has 8 heteroatoms. The number of rotatable bonds is 5. The Morgan fingerprint density at radius 3 is 2.68 bits per heavy atom. The molecule has 4 fully saturated rings. The van der Waals surface area contributed by atoms with E-state index in [1.807, 2.05) is 14.0 Å². The van der Waals surface area contributed by atoms with Crippen LogP contribution in [0.2, 0.25) is 0 Å². The minimum absolute atomic E-state index is 0.0123. The number of aromatic nitrogens is 3. The number of aliphatic hydroxyl groups is 1. The molecule has 1 aromatic carbocycles. The third-order valence-corrected chi connectivity index (χ3v) is 11.2. The first-order chi connectivity index (χ1) is 17.6. The summed E-state index contributed by atoms with van der Waals surface area (Å²) in [4.78, 5) is 14.9. The third-order valence-electron chi connectivity index (χ3n) is 11.2. The number of halogens is 2. The molecule has 202 valence electrons. The molecule has 0 aliphatic heterocycles.